The van der Waals surface area contributed by atoms with E-state index in [9.17, 15) is 4.79 Å². The maximum absolute atomic E-state index is 12.0. The normalized spacial score (nSPS) is 19.4. The standard InChI is InChI=1S/C15H21BrN2O/c1-9(2)4-5-10(3)17-14-12-7-6-11(16)8-13(12)18-15(14)19/h6-10,14,17H,4-5H2,1-3H3,(H,18,19). The van der Waals surface area contributed by atoms with Gasteiger partial charge in [0.15, 0.2) is 0 Å². The van der Waals surface area contributed by atoms with Gasteiger partial charge in [0.05, 0.1) is 0 Å². The van der Waals surface area contributed by atoms with Crippen LogP contribution in [0.15, 0.2) is 22.7 Å². The lowest BCUT2D eigenvalue weighted by molar-refractivity contribution is -0.117. The minimum Gasteiger partial charge on any atom is -0.324 e. The Bertz CT molecular complexity index is 473. The van der Waals surface area contributed by atoms with Gasteiger partial charge in [0.2, 0.25) is 5.91 Å². The molecule has 2 N–H and O–H groups in total. The van der Waals surface area contributed by atoms with Gasteiger partial charge in [-0.25, -0.2) is 0 Å². The highest BCUT2D eigenvalue weighted by Gasteiger charge is 2.31. The molecule has 0 saturated heterocycles. The van der Waals surface area contributed by atoms with Crippen molar-refractivity contribution < 1.29 is 4.79 Å². The number of hydrogen-bond acceptors (Lipinski definition) is 2. The summed E-state index contributed by atoms with van der Waals surface area (Å²) in [5.74, 6) is 0.745. The summed E-state index contributed by atoms with van der Waals surface area (Å²) in [5, 5.41) is 6.36. The van der Waals surface area contributed by atoms with Crippen molar-refractivity contribution in [3.63, 3.8) is 0 Å². The van der Waals surface area contributed by atoms with Gasteiger partial charge in [-0.15, -0.1) is 0 Å². The lowest BCUT2D eigenvalue weighted by Crippen LogP contribution is -2.34. The number of carbonyl (C=O) groups is 1. The molecule has 0 aliphatic carbocycles. The summed E-state index contributed by atoms with van der Waals surface area (Å²) >= 11 is 3.42. The molecule has 0 fully saturated rings. The minimum absolute atomic E-state index is 0.0458. The molecular formula is C15H21BrN2O. The second-order valence-electron chi connectivity index (χ2n) is 5.69. The van der Waals surface area contributed by atoms with Gasteiger partial charge in [0.1, 0.15) is 6.04 Å². The third kappa shape index (κ3) is 3.57. The van der Waals surface area contributed by atoms with Crippen LogP contribution in [0.4, 0.5) is 5.69 Å². The smallest absolute Gasteiger partial charge is 0.246 e. The Hall–Kier alpha value is -0.870. The zero-order valence-corrected chi connectivity index (χ0v) is 13.3. The monoisotopic (exact) mass is 324 g/mol. The highest BCUT2D eigenvalue weighted by molar-refractivity contribution is 9.10. The molecule has 0 aromatic heterocycles. The topological polar surface area (TPSA) is 41.1 Å². The lowest BCUT2D eigenvalue weighted by Gasteiger charge is -2.19. The van der Waals surface area contributed by atoms with E-state index < -0.39 is 0 Å². The van der Waals surface area contributed by atoms with Crippen LogP contribution in [0.1, 0.15) is 45.2 Å². The molecule has 3 nitrogen and oxygen atoms in total. The second kappa shape index (κ2) is 6.06. The third-order valence-corrected chi connectivity index (χ3v) is 3.97. The molecule has 1 amide bonds. The van der Waals surface area contributed by atoms with Crippen LogP contribution in [0, 0.1) is 5.92 Å². The molecule has 0 bridgehead atoms. The first-order valence-corrected chi connectivity index (χ1v) is 7.63. The molecule has 1 aliphatic heterocycles. The highest BCUT2D eigenvalue weighted by Crippen LogP contribution is 2.33. The number of halogens is 1. The van der Waals surface area contributed by atoms with Crippen LogP contribution in [0.25, 0.3) is 0 Å². The molecule has 2 atom stereocenters. The number of rotatable bonds is 5. The SMILES string of the molecule is CC(C)CCC(C)NC1C(=O)Nc2cc(Br)ccc21. The molecule has 2 unspecified atom stereocenters. The lowest BCUT2D eigenvalue weighted by atomic mass is 10.0. The molecular weight excluding hydrogens is 304 g/mol. The molecule has 0 spiro atoms. The summed E-state index contributed by atoms with van der Waals surface area (Å²) in [4.78, 5) is 12.0. The van der Waals surface area contributed by atoms with Crippen LogP contribution in [-0.4, -0.2) is 11.9 Å². The van der Waals surface area contributed by atoms with Crippen LogP contribution in [0.3, 0.4) is 0 Å². The summed E-state index contributed by atoms with van der Waals surface area (Å²) in [6, 6.07) is 6.06. The molecule has 1 aliphatic rings. The van der Waals surface area contributed by atoms with Crippen molar-refractivity contribution in [1.82, 2.24) is 5.32 Å². The molecule has 2 rings (SSSR count). The third-order valence-electron chi connectivity index (χ3n) is 3.47. The van der Waals surface area contributed by atoms with E-state index in [1.54, 1.807) is 0 Å². The van der Waals surface area contributed by atoms with Gasteiger partial charge < -0.3 is 5.32 Å². The maximum Gasteiger partial charge on any atom is 0.246 e. The molecule has 1 heterocycles. The molecule has 0 saturated carbocycles. The van der Waals surface area contributed by atoms with Gasteiger partial charge in [-0.1, -0.05) is 35.8 Å². The van der Waals surface area contributed by atoms with Gasteiger partial charge in [0.25, 0.3) is 0 Å². The van der Waals surface area contributed by atoms with E-state index in [1.807, 2.05) is 18.2 Å². The van der Waals surface area contributed by atoms with E-state index in [0.29, 0.717) is 12.0 Å². The van der Waals surface area contributed by atoms with Gasteiger partial charge in [-0.2, -0.15) is 0 Å². The number of anilines is 1. The van der Waals surface area contributed by atoms with Crippen LogP contribution < -0.4 is 10.6 Å². The van der Waals surface area contributed by atoms with E-state index in [4.69, 9.17) is 0 Å². The van der Waals surface area contributed by atoms with E-state index in [0.717, 1.165) is 22.1 Å². The van der Waals surface area contributed by atoms with Gasteiger partial charge >= 0.3 is 0 Å². The van der Waals surface area contributed by atoms with Crippen LogP contribution in [0.2, 0.25) is 0 Å². The number of carbonyl (C=O) groups excluding carboxylic acids is 1. The Kier molecular flexibility index (Phi) is 4.63. The van der Waals surface area contributed by atoms with Crippen LogP contribution >= 0.6 is 15.9 Å². The highest BCUT2D eigenvalue weighted by atomic mass is 79.9. The molecule has 0 radical (unpaired) electrons. The summed E-state index contributed by atoms with van der Waals surface area (Å²) in [6.07, 6.45) is 2.27. The van der Waals surface area contributed by atoms with E-state index in [2.05, 4.69) is 47.3 Å². The summed E-state index contributed by atoms with van der Waals surface area (Å²) < 4.78 is 0.986. The van der Waals surface area contributed by atoms with Crippen molar-refractivity contribution >= 4 is 27.5 Å². The predicted octanol–water partition coefficient (Wildman–Crippen LogP) is 3.86. The number of fused-ring (bicyclic) bond motifs is 1. The van der Waals surface area contributed by atoms with Crippen molar-refractivity contribution in [2.75, 3.05) is 5.32 Å². The van der Waals surface area contributed by atoms with Crippen molar-refractivity contribution in [3.05, 3.63) is 28.2 Å². The molecule has 4 heteroatoms. The second-order valence-corrected chi connectivity index (χ2v) is 6.61. The summed E-state index contributed by atoms with van der Waals surface area (Å²) in [5.41, 5.74) is 1.96. The van der Waals surface area contributed by atoms with Crippen LogP contribution in [-0.2, 0) is 4.79 Å². The first-order valence-electron chi connectivity index (χ1n) is 6.83. The van der Waals surface area contributed by atoms with Crippen molar-refractivity contribution in [2.45, 2.75) is 45.7 Å². The fraction of sp³-hybridized carbons (Fsp3) is 0.533. The van der Waals surface area contributed by atoms with Crippen LogP contribution in [0.5, 0.6) is 0 Å². The van der Waals surface area contributed by atoms with Gasteiger partial charge in [-0.3, -0.25) is 10.1 Å². The minimum atomic E-state index is -0.217. The Labute approximate surface area is 123 Å². The Morgan fingerprint density at radius 2 is 2.05 bits per heavy atom. The average molecular weight is 325 g/mol. The van der Waals surface area contributed by atoms with Crippen molar-refractivity contribution in [1.29, 1.82) is 0 Å². The number of hydrogen-bond donors (Lipinski definition) is 2. The predicted molar refractivity (Wildman–Crippen MR) is 82.2 cm³/mol. The number of amides is 1. The summed E-state index contributed by atoms with van der Waals surface area (Å²) in [6.45, 7) is 6.59. The molecule has 104 valence electrons. The molecule has 19 heavy (non-hydrogen) atoms. The fourth-order valence-corrected chi connectivity index (χ4v) is 2.71. The Morgan fingerprint density at radius 1 is 1.32 bits per heavy atom. The zero-order chi connectivity index (χ0) is 14.0. The Balaban J connectivity index is 2.03. The van der Waals surface area contributed by atoms with Crippen molar-refractivity contribution in [3.8, 4) is 0 Å². The fourth-order valence-electron chi connectivity index (χ4n) is 2.35. The largest absolute Gasteiger partial charge is 0.324 e. The quantitative estimate of drug-likeness (QED) is 0.863. The van der Waals surface area contributed by atoms with Gasteiger partial charge in [-0.05, 0) is 37.8 Å². The summed E-state index contributed by atoms with van der Waals surface area (Å²) in [7, 11) is 0. The number of benzene rings is 1. The van der Waals surface area contributed by atoms with Gasteiger partial charge in [0, 0.05) is 21.8 Å². The molecule has 1 aromatic carbocycles. The number of nitrogens with one attached hydrogen (secondary N) is 2. The Morgan fingerprint density at radius 3 is 2.74 bits per heavy atom. The first kappa shape index (κ1) is 14.5. The van der Waals surface area contributed by atoms with Crippen molar-refractivity contribution in [2.24, 2.45) is 5.92 Å². The van der Waals surface area contributed by atoms with E-state index >= 15 is 0 Å². The average Bonchev–Trinajstić information content (AvgIpc) is 2.62. The first-order chi connectivity index (χ1) is 8.97. The van der Waals surface area contributed by atoms with E-state index in [1.165, 1.54) is 6.42 Å². The molecule has 1 aromatic rings. The zero-order valence-electron chi connectivity index (χ0n) is 11.7. The van der Waals surface area contributed by atoms with E-state index in [-0.39, 0.29) is 11.9 Å². The maximum atomic E-state index is 12.0.